The Hall–Kier alpha value is -3.60. The Balaban J connectivity index is 1.50. The highest BCUT2D eigenvalue weighted by Gasteiger charge is 2.60. The van der Waals surface area contributed by atoms with E-state index in [-0.39, 0.29) is 23.0 Å². The smallest absolute Gasteiger partial charge is 0.244 e. The molecule has 0 unspecified atom stereocenters. The van der Waals surface area contributed by atoms with Gasteiger partial charge < -0.3 is 9.84 Å². The van der Waals surface area contributed by atoms with Gasteiger partial charge in [-0.25, -0.2) is 5.43 Å². The number of hydrogen-bond donors (Lipinski definition) is 2. The molecule has 0 saturated heterocycles. The van der Waals surface area contributed by atoms with Gasteiger partial charge in [0, 0.05) is 5.41 Å². The summed E-state index contributed by atoms with van der Waals surface area (Å²) in [6, 6.07) is 25.2. The first-order valence-corrected chi connectivity index (χ1v) is 10.0. The van der Waals surface area contributed by atoms with Crippen molar-refractivity contribution < 1.29 is 14.6 Å². The zero-order valence-electron chi connectivity index (χ0n) is 16.8. The topological polar surface area (TPSA) is 70.9 Å². The zero-order chi connectivity index (χ0) is 21.0. The van der Waals surface area contributed by atoms with E-state index in [0.717, 1.165) is 23.1 Å². The Kier molecular flexibility index (Phi) is 5.53. The molecule has 5 heteroatoms. The van der Waals surface area contributed by atoms with Crippen LogP contribution in [-0.2, 0) is 10.2 Å². The average Bonchev–Trinajstić information content (AvgIpc) is 3.54. The van der Waals surface area contributed by atoms with Crippen LogP contribution in [0.5, 0.6) is 11.5 Å². The highest BCUT2D eigenvalue weighted by atomic mass is 16.5. The predicted octanol–water partition coefficient (Wildman–Crippen LogP) is 4.25. The van der Waals surface area contributed by atoms with E-state index in [9.17, 15) is 9.90 Å². The number of hydrogen-bond acceptors (Lipinski definition) is 4. The molecule has 4 rings (SSSR count). The molecule has 0 aromatic heterocycles. The van der Waals surface area contributed by atoms with E-state index in [1.807, 2.05) is 43.3 Å². The Morgan fingerprint density at radius 3 is 2.33 bits per heavy atom. The van der Waals surface area contributed by atoms with Crippen LogP contribution in [0.1, 0.15) is 30.0 Å². The molecule has 1 aliphatic carbocycles. The maximum Gasteiger partial charge on any atom is 0.244 e. The monoisotopic (exact) mass is 400 g/mol. The van der Waals surface area contributed by atoms with Crippen LogP contribution in [0.4, 0.5) is 0 Å². The second-order valence-corrected chi connectivity index (χ2v) is 7.35. The van der Waals surface area contributed by atoms with Gasteiger partial charge in [-0.05, 0) is 48.2 Å². The number of phenolic OH excluding ortho intramolecular Hbond substituents is 1. The lowest BCUT2D eigenvalue weighted by atomic mass is 9.85. The van der Waals surface area contributed by atoms with Crippen LogP contribution in [0, 0.1) is 5.92 Å². The third-order valence-electron chi connectivity index (χ3n) is 5.53. The summed E-state index contributed by atoms with van der Waals surface area (Å²) < 4.78 is 5.38. The fourth-order valence-corrected chi connectivity index (χ4v) is 3.99. The van der Waals surface area contributed by atoms with Gasteiger partial charge in [0.25, 0.3) is 0 Å². The summed E-state index contributed by atoms with van der Waals surface area (Å²) in [4.78, 5) is 12.9. The van der Waals surface area contributed by atoms with Crippen molar-refractivity contribution >= 4 is 12.1 Å². The Labute approximate surface area is 176 Å². The van der Waals surface area contributed by atoms with Crippen LogP contribution < -0.4 is 10.2 Å². The van der Waals surface area contributed by atoms with Crippen LogP contribution in [0.15, 0.2) is 84.0 Å². The van der Waals surface area contributed by atoms with Crippen molar-refractivity contribution in [2.75, 3.05) is 6.61 Å². The Morgan fingerprint density at radius 1 is 1.10 bits per heavy atom. The highest BCUT2D eigenvalue weighted by molar-refractivity contribution is 5.88. The van der Waals surface area contributed by atoms with Gasteiger partial charge in [0.2, 0.25) is 5.91 Å². The van der Waals surface area contributed by atoms with Crippen LogP contribution in [0.3, 0.4) is 0 Å². The Bertz CT molecular complexity index is 1010. The fraction of sp³-hybridized carbons (Fsp3) is 0.200. The molecule has 3 aromatic carbocycles. The number of nitrogens with zero attached hydrogens (tertiary/aromatic N) is 1. The van der Waals surface area contributed by atoms with E-state index >= 15 is 0 Å². The number of phenols is 1. The van der Waals surface area contributed by atoms with E-state index in [1.54, 1.807) is 24.4 Å². The predicted molar refractivity (Wildman–Crippen MR) is 117 cm³/mol. The van der Waals surface area contributed by atoms with E-state index < -0.39 is 0 Å². The van der Waals surface area contributed by atoms with Gasteiger partial charge in [0.1, 0.15) is 0 Å². The molecule has 0 aliphatic heterocycles. The molecule has 1 amide bonds. The summed E-state index contributed by atoms with van der Waals surface area (Å²) in [5.74, 6) is 0.176. The number of nitrogens with one attached hydrogen (secondary N) is 1. The third kappa shape index (κ3) is 3.79. The van der Waals surface area contributed by atoms with E-state index in [1.165, 1.54) is 0 Å². The molecule has 152 valence electrons. The van der Waals surface area contributed by atoms with Crippen molar-refractivity contribution in [2.24, 2.45) is 11.0 Å². The second kappa shape index (κ2) is 8.41. The number of hydrazone groups is 1. The molecular formula is C25H24N2O3. The molecule has 0 radical (unpaired) electrons. The van der Waals surface area contributed by atoms with Crippen LogP contribution in [0.2, 0.25) is 0 Å². The lowest BCUT2D eigenvalue weighted by Crippen LogP contribution is -2.25. The lowest BCUT2D eigenvalue weighted by molar-refractivity contribution is -0.122. The number of ether oxygens (including phenoxy) is 1. The molecule has 1 aliphatic rings. The molecule has 1 saturated carbocycles. The van der Waals surface area contributed by atoms with E-state index in [4.69, 9.17) is 4.74 Å². The van der Waals surface area contributed by atoms with Crippen molar-refractivity contribution in [3.05, 3.63) is 95.6 Å². The summed E-state index contributed by atoms with van der Waals surface area (Å²) >= 11 is 0. The number of carbonyl (C=O) groups is 1. The van der Waals surface area contributed by atoms with Crippen molar-refractivity contribution in [1.82, 2.24) is 5.43 Å². The van der Waals surface area contributed by atoms with Gasteiger partial charge in [-0.15, -0.1) is 0 Å². The van der Waals surface area contributed by atoms with Gasteiger partial charge in [-0.1, -0.05) is 60.7 Å². The minimum Gasteiger partial charge on any atom is -0.504 e. The number of amides is 1. The van der Waals surface area contributed by atoms with Gasteiger partial charge in [-0.3, -0.25) is 4.79 Å². The quantitative estimate of drug-likeness (QED) is 0.460. The van der Waals surface area contributed by atoms with Gasteiger partial charge >= 0.3 is 0 Å². The fourth-order valence-electron chi connectivity index (χ4n) is 3.99. The average molecular weight is 400 g/mol. The van der Waals surface area contributed by atoms with E-state index in [0.29, 0.717) is 12.4 Å². The number of rotatable bonds is 7. The summed E-state index contributed by atoms with van der Waals surface area (Å²) in [5, 5.41) is 13.9. The van der Waals surface area contributed by atoms with Crippen LogP contribution in [-0.4, -0.2) is 23.8 Å². The zero-order valence-corrected chi connectivity index (χ0v) is 16.8. The van der Waals surface area contributed by atoms with Crippen molar-refractivity contribution in [3.63, 3.8) is 0 Å². The maximum absolute atomic E-state index is 12.9. The number of aromatic hydroxyl groups is 1. The maximum atomic E-state index is 12.9. The summed E-state index contributed by atoms with van der Waals surface area (Å²) in [7, 11) is 0. The molecule has 5 nitrogen and oxygen atoms in total. The van der Waals surface area contributed by atoms with Crippen molar-refractivity contribution in [1.29, 1.82) is 0 Å². The standard InChI is InChI=1S/C25H24N2O3/c1-2-30-23-15-18(13-14-22(23)28)17-26-27-24(29)21-16-25(21,19-9-5-3-6-10-19)20-11-7-4-8-12-20/h3-15,17,21,28H,2,16H2,1H3,(H,27,29)/b26-17+/t21-/m1/s1. The normalized spacial score (nSPS) is 16.9. The lowest BCUT2D eigenvalue weighted by Gasteiger charge is -2.18. The second-order valence-electron chi connectivity index (χ2n) is 7.35. The molecule has 0 heterocycles. The Morgan fingerprint density at radius 2 is 1.73 bits per heavy atom. The van der Waals surface area contributed by atoms with E-state index in [2.05, 4.69) is 34.8 Å². The molecule has 1 fully saturated rings. The molecule has 30 heavy (non-hydrogen) atoms. The first-order valence-electron chi connectivity index (χ1n) is 10.0. The molecule has 1 atom stereocenters. The summed E-state index contributed by atoms with van der Waals surface area (Å²) in [6.07, 6.45) is 2.30. The minimum atomic E-state index is -0.317. The molecule has 3 aromatic rings. The molecule has 0 spiro atoms. The first kappa shape index (κ1) is 19.7. The molecule has 0 bridgehead atoms. The van der Waals surface area contributed by atoms with Crippen molar-refractivity contribution in [2.45, 2.75) is 18.8 Å². The summed E-state index contributed by atoms with van der Waals surface area (Å²) in [6.45, 7) is 2.30. The summed E-state index contributed by atoms with van der Waals surface area (Å²) in [5.41, 5.74) is 5.37. The molecule has 2 N–H and O–H groups in total. The minimum absolute atomic E-state index is 0.0755. The van der Waals surface area contributed by atoms with Gasteiger partial charge in [0.15, 0.2) is 11.5 Å². The third-order valence-corrected chi connectivity index (χ3v) is 5.53. The number of carbonyl (C=O) groups excluding carboxylic acids is 1. The largest absolute Gasteiger partial charge is 0.504 e. The SMILES string of the molecule is CCOc1cc(/C=N/NC(=O)[C@H]2CC2(c2ccccc2)c2ccccc2)ccc1O. The molecular weight excluding hydrogens is 376 g/mol. The van der Waals surface area contributed by atoms with Gasteiger partial charge in [0.05, 0.1) is 18.7 Å². The number of benzene rings is 3. The van der Waals surface area contributed by atoms with Crippen LogP contribution in [0.25, 0.3) is 0 Å². The van der Waals surface area contributed by atoms with Crippen molar-refractivity contribution in [3.8, 4) is 11.5 Å². The highest BCUT2D eigenvalue weighted by Crippen LogP contribution is 2.58. The first-order chi connectivity index (χ1) is 14.6. The van der Waals surface area contributed by atoms with Gasteiger partial charge in [-0.2, -0.15) is 5.10 Å². The van der Waals surface area contributed by atoms with Crippen LogP contribution >= 0.6 is 0 Å².